The molecular weight excluding hydrogens is 325 g/mol. The lowest BCUT2D eigenvalue weighted by molar-refractivity contribution is -0.141. The van der Waals surface area contributed by atoms with Crippen LogP contribution in [0.2, 0.25) is 0 Å². The number of urea groups is 1. The first-order valence-electron chi connectivity index (χ1n) is 8.73. The second-order valence-electron chi connectivity index (χ2n) is 6.64. The van der Waals surface area contributed by atoms with Crippen molar-refractivity contribution in [2.75, 3.05) is 44.7 Å². The summed E-state index contributed by atoms with van der Waals surface area (Å²) in [4.78, 5) is 28.5. The van der Waals surface area contributed by atoms with Crippen molar-refractivity contribution in [2.45, 2.75) is 19.8 Å². The zero-order valence-corrected chi connectivity index (χ0v) is 14.5. The number of benzene rings is 1. The van der Waals surface area contributed by atoms with Crippen LogP contribution in [0.1, 0.15) is 18.4 Å². The van der Waals surface area contributed by atoms with Gasteiger partial charge in [0, 0.05) is 26.2 Å². The Morgan fingerprint density at radius 1 is 1.20 bits per heavy atom. The number of likely N-dealkylation sites (tertiary alicyclic amines) is 1. The highest BCUT2D eigenvalue weighted by Crippen LogP contribution is 2.21. The minimum Gasteiger partial charge on any atom is -0.378 e. The third-order valence-electron chi connectivity index (χ3n) is 4.75. The molecule has 0 unspecified atom stereocenters. The van der Waals surface area contributed by atoms with E-state index in [1.165, 1.54) is 6.07 Å². The van der Waals surface area contributed by atoms with E-state index in [4.69, 9.17) is 4.74 Å². The lowest BCUT2D eigenvalue weighted by Gasteiger charge is -2.36. The van der Waals surface area contributed by atoms with Gasteiger partial charge < -0.3 is 19.9 Å². The standard InChI is InChI=1S/C18H24FN3O3/c1-13-4-5-16(15(19)11-13)20-18(24)22-6-2-3-14(12-22)17(23)21-7-9-25-10-8-21/h4-5,11,14H,2-3,6-10,12H2,1H3,(H,20,24)/t14-/m0/s1. The van der Waals surface area contributed by atoms with Gasteiger partial charge in [-0.15, -0.1) is 0 Å². The molecule has 0 saturated carbocycles. The van der Waals surface area contributed by atoms with Crippen molar-refractivity contribution in [2.24, 2.45) is 5.92 Å². The molecular formula is C18H24FN3O3. The normalized spacial score (nSPS) is 21.1. The van der Waals surface area contributed by atoms with E-state index in [2.05, 4.69) is 5.32 Å². The molecule has 2 saturated heterocycles. The first kappa shape index (κ1) is 17.7. The summed E-state index contributed by atoms with van der Waals surface area (Å²) in [7, 11) is 0. The molecule has 136 valence electrons. The molecule has 1 N–H and O–H groups in total. The summed E-state index contributed by atoms with van der Waals surface area (Å²) >= 11 is 0. The van der Waals surface area contributed by atoms with Crippen molar-refractivity contribution < 1.29 is 18.7 Å². The van der Waals surface area contributed by atoms with E-state index in [1.54, 1.807) is 24.0 Å². The number of nitrogens with zero attached hydrogens (tertiary/aromatic N) is 2. The number of ether oxygens (including phenoxy) is 1. The Balaban J connectivity index is 1.60. The number of nitrogens with one attached hydrogen (secondary N) is 1. The number of anilines is 1. The van der Waals surface area contributed by atoms with Gasteiger partial charge in [-0.1, -0.05) is 6.07 Å². The van der Waals surface area contributed by atoms with E-state index in [0.29, 0.717) is 39.4 Å². The maximum Gasteiger partial charge on any atom is 0.321 e. The van der Waals surface area contributed by atoms with Crippen LogP contribution in [-0.4, -0.2) is 61.1 Å². The van der Waals surface area contributed by atoms with Crippen molar-refractivity contribution in [3.63, 3.8) is 0 Å². The molecule has 3 amide bonds. The Bertz CT molecular complexity index is 646. The van der Waals surface area contributed by atoms with Gasteiger partial charge in [0.1, 0.15) is 5.82 Å². The van der Waals surface area contributed by atoms with Gasteiger partial charge in [-0.3, -0.25) is 4.79 Å². The molecule has 0 aromatic heterocycles. The summed E-state index contributed by atoms with van der Waals surface area (Å²) in [6, 6.07) is 4.33. The van der Waals surface area contributed by atoms with Gasteiger partial charge in [0.15, 0.2) is 0 Å². The molecule has 1 aromatic carbocycles. The van der Waals surface area contributed by atoms with E-state index >= 15 is 0 Å². The molecule has 0 bridgehead atoms. The molecule has 6 nitrogen and oxygen atoms in total. The van der Waals surface area contributed by atoms with Crippen LogP contribution in [0.4, 0.5) is 14.9 Å². The molecule has 3 rings (SSSR count). The lowest BCUT2D eigenvalue weighted by Crippen LogP contribution is -2.50. The van der Waals surface area contributed by atoms with Crippen molar-refractivity contribution in [1.82, 2.24) is 9.80 Å². The number of halogens is 1. The smallest absolute Gasteiger partial charge is 0.321 e. The Kier molecular flexibility index (Phi) is 5.53. The number of carbonyl (C=O) groups excluding carboxylic acids is 2. The van der Waals surface area contributed by atoms with Gasteiger partial charge >= 0.3 is 6.03 Å². The molecule has 25 heavy (non-hydrogen) atoms. The average Bonchev–Trinajstić information content (AvgIpc) is 2.64. The number of rotatable bonds is 2. The van der Waals surface area contributed by atoms with Crippen LogP contribution in [0.3, 0.4) is 0 Å². The number of hydrogen-bond acceptors (Lipinski definition) is 3. The van der Waals surface area contributed by atoms with Gasteiger partial charge in [-0.25, -0.2) is 9.18 Å². The third kappa shape index (κ3) is 4.28. The van der Waals surface area contributed by atoms with E-state index in [1.807, 2.05) is 4.90 Å². The van der Waals surface area contributed by atoms with Gasteiger partial charge in [0.05, 0.1) is 24.8 Å². The van der Waals surface area contributed by atoms with Crippen LogP contribution in [0.5, 0.6) is 0 Å². The highest BCUT2D eigenvalue weighted by molar-refractivity contribution is 5.90. The highest BCUT2D eigenvalue weighted by atomic mass is 19.1. The quantitative estimate of drug-likeness (QED) is 0.891. The summed E-state index contributed by atoms with van der Waals surface area (Å²) in [5, 5.41) is 2.61. The molecule has 1 aromatic rings. The van der Waals surface area contributed by atoms with E-state index in [-0.39, 0.29) is 23.5 Å². The van der Waals surface area contributed by atoms with E-state index < -0.39 is 5.82 Å². The van der Waals surface area contributed by atoms with Crippen LogP contribution in [0.15, 0.2) is 18.2 Å². The fourth-order valence-corrected chi connectivity index (χ4v) is 3.32. The third-order valence-corrected chi connectivity index (χ3v) is 4.75. The maximum atomic E-state index is 13.9. The van der Waals surface area contributed by atoms with Crippen molar-refractivity contribution in [3.05, 3.63) is 29.6 Å². The molecule has 0 spiro atoms. The number of piperidine rings is 1. The number of morpholine rings is 1. The van der Waals surface area contributed by atoms with Gasteiger partial charge in [0.25, 0.3) is 0 Å². The molecule has 1 atom stereocenters. The van der Waals surface area contributed by atoms with Crippen LogP contribution < -0.4 is 5.32 Å². The van der Waals surface area contributed by atoms with E-state index in [9.17, 15) is 14.0 Å². The second-order valence-corrected chi connectivity index (χ2v) is 6.64. The molecule has 2 aliphatic heterocycles. The number of amides is 3. The number of hydrogen-bond donors (Lipinski definition) is 1. The van der Waals surface area contributed by atoms with Gasteiger partial charge in [-0.05, 0) is 37.5 Å². The monoisotopic (exact) mass is 349 g/mol. The maximum absolute atomic E-state index is 13.9. The Labute approximate surface area is 146 Å². The summed E-state index contributed by atoms with van der Waals surface area (Å²) in [6.07, 6.45) is 1.55. The second kappa shape index (κ2) is 7.82. The van der Waals surface area contributed by atoms with Gasteiger partial charge in [0.2, 0.25) is 5.91 Å². The first-order chi connectivity index (χ1) is 12.0. The molecule has 7 heteroatoms. The Morgan fingerprint density at radius 3 is 2.68 bits per heavy atom. The molecule has 0 aliphatic carbocycles. The summed E-state index contributed by atoms with van der Waals surface area (Å²) < 4.78 is 19.2. The molecule has 2 aliphatic rings. The molecule has 2 fully saturated rings. The molecule has 2 heterocycles. The van der Waals surface area contributed by atoms with Crippen molar-refractivity contribution >= 4 is 17.6 Å². The topological polar surface area (TPSA) is 61.9 Å². The summed E-state index contributed by atoms with van der Waals surface area (Å²) in [6.45, 7) is 5.08. The van der Waals surface area contributed by atoms with Crippen LogP contribution in [0, 0.1) is 18.7 Å². The average molecular weight is 349 g/mol. The van der Waals surface area contributed by atoms with Crippen molar-refractivity contribution in [1.29, 1.82) is 0 Å². The summed E-state index contributed by atoms with van der Waals surface area (Å²) in [5.74, 6) is -0.561. The minimum absolute atomic E-state index is 0.0855. The van der Waals surface area contributed by atoms with Crippen molar-refractivity contribution in [3.8, 4) is 0 Å². The fraction of sp³-hybridized carbons (Fsp3) is 0.556. The SMILES string of the molecule is Cc1ccc(NC(=O)N2CCC[C@H](C(=O)N3CCOCC3)C2)c(F)c1. The lowest BCUT2D eigenvalue weighted by atomic mass is 9.96. The Morgan fingerprint density at radius 2 is 1.96 bits per heavy atom. The predicted molar refractivity (Wildman–Crippen MR) is 91.9 cm³/mol. The zero-order valence-electron chi connectivity index (χ0n) is 14.5. The first-order valence-corrected chi connectivity index (χ1v) is 8.73. The zero-order chi connectivity index (χ0) is 17.8. The summed E-state index contributed by atoms with van der Waals surface area (Å²) in [5.41, 5.74) is 0.960. The Hall–Kier alpha value is -2.15. The van der Waals surface area contributed by atoms with Crippen LogP contribution >= 0.6 is 0 Å². The predicted octanol–water partition coefficient (Wildman–Crippen LogP) is 2.24. The molecule has 0 radical (unpaired) electrons. The van der Waals surface area contributed by atoms with Crippen LogP contribution in [0.25, 0.3) is 0 Å². The highest BCUT2D eigenvalue weighted by Gasteiger charge is 2.32. The van der Waals surface area contributed by atoms with Crippen LogP contribution in [-0.2, 0) is 9.53 Å². The number of carbonyl (C=O) groups is 2. The fourth-order valence-electron chi connectivity index (χ4n) is 3.32. The largest absolute Gasteiger partial charge is 0.378 e. The van der Waals surface area contributed by atoms with Gasteiger partial charge in [-0.2, -0.15) is 0 Å². The minimum atomic E-state index is -0.452. The van der Waals surface area contributed by atoms with E-state index in [0.717, 1.165) is 18.4 Å². The number of aryl methyl sites for hydroxylation is 1.